The van der Waals surface area contributed by atoms with E-state index in [4.69, 9.17) is 0 Å². The summed E-state index contributed by atoms with van der Waals surface area (Å²) in [6.45, 7) is 3.18. The van der Waals surface area contributed by atoms with Crippen LogP contribution in [-0.4, -0.2) is 18.6 Å². The number of aryl methyl sites for hydroxylation is 2. The van der Waals surface area contributed by atoms with Crippen LogP contribution in [0.5, 0.6) is 0 Å². The maximum atomic E-state index is 4.66. The summed E-state index contributed by atoms with van der Waals surface area (Å²) in [6, 6.07) is 2.14. The maximum absolute atomic E-state index is 4.66. The number of thiazole rings is 1. The Morgan fingerprint density at radius 2 is 2.29 bits per heavy atom. The summed E-state index contributed by atoms with van der Waals surface area (Å²) in [5, 5.41) is 6.43. The SMILES string of the molecule is CNCCCc1sc(-c2cc(Br)cs2)nc1C. The molecule has 0 bridgehead atoms. The van der Waals surface area contributed by atoms with E-state index in [0.29, 0.717) is 0 Å². The second-order valence-corrected chi connectivity index (χ2v) is 6.77. The molecule has 0 saturated heterocycles. The minimum atomic E-state index is 1.07. The van der Waals surface area contributed by atoms with Crippen LogP contribution < -0.4 is 5.32 Å². The van der Waals surface area contributed by atoms with Gasteiger partial charge in [0.05, 0.1) is 10.6 Å². The van der Waals surface area contributed by atoms with Gasteiger partial charge < -0.3 is 5.32 Å². The predicted molar refractivity (Wildman–Crippen MR) is 80.1 cm³/mol. The summed E-state index contributed by atoms with van der Waals surface area (Å²) in [7, 11) is 1.99. The van der Waals surface area contributed by atoms with E-state index >= 15 is 0 Å². The van der Waals surface area contributed by atoms with Crippen molar-refractivity contribution in [3.63, 3.8) is 0 Å². The average Bonchev–Trinajstić information content (AvgIpc) is 2.86. The van der Waals surface area contributed by atoms with Crippen LogP contribution in [0.25, 0.3) is 9.88 Å². The molecule has 0 aromatic carbocycles. The molecule has 2 rings (SSSR count). The van der Waals surface area contributed by atoms with Crippen molar-refractivity contribution in [1.82, 2.24) is 10.3 Å². The molecule has 0 aliphatic heterocycles. The first-order valence-corrected chi connectivity index (χ1v) is 8.05. The minimum absolute atomic E-state index is 1.07. The lowest BCUT2D eigenvalue weighted by molar-refractivity contribution is 0.727. The lowest BCUT2D eigenvalue weighted by atomic mass is 10.2. The first-order valence-electron chi connectivity index (χ1n) is 5.56. The number of hydrogen-bond donors (Lipinski definition) is 1. The molecule has 0 atom stereocenters. The minimum Gasteiger partial charge on any atom is -0.320 e. The van der Waals surface area contributed by atoms with Crippen molar-refractivity contribution < 1.29 is 0 Å². The quantitative estimate of drug-likeness (QED) is 0.835. The third-order valence-electron chi connectivity index (χ3n) is 2.50. The van der Waals surface area contributed by atoms with Crippen molar-refractivity contribution in [3.05, 3.63) is 26.5 Å². The molecule has 0 fully saturated rings. The highest BCUT2D eigenvalue weighted by Crippen LogP contribution is 2.34. The fourth-order valence-corrected chi connectivity index (χ4v) is 4.21. The third kappa shape index (κ3) is 3.37. The number of nitrogens with one attached hydrogen (secondary N) is 1. The van der Waals surface area contributed by atoms with E-state index in [1.54, 1.807) is 11.3 Å². The molecule has 0 aliphatic carbocycles. The van der Waals surface area contributed by atoms with Gasteiger partial charge >= 0.3 is 0 Å². The summed E-state index contributed by atoms with van der Waals surface area (Å²) in [5.74, 6) is 0. The topological polar surface area (TPSA) is 24.9 Å². The molecule has 0 spiro atoms. The van der Waals surface area contributed by atoms with Crippen LogP contribution in [0, 0.1) is 6.92 Å². The highest BCUT2D eigenvalue weighted by Gasteiger charge is 2.10. The van der Waals surface area contributed by atoms with Crippen molar-refractivity contribution in [2.24, 2.45) is 0 Å². The van der Waals surface area contributed by atoms with Gasteiger partial charge in [0.25, 0.3) is 0 Å². The molecule has 2 aromatic rings. The molecule has 0 unspecified atom stereocenters. The zero-order valence-electron chi connectivity index (χ0n) is 9.92. The normalized spacial score (nSPS) is 11.0. The van der Waals surface area contributed by atoms with Crippen molar-refractivity contribution in [1.29, 1.82) is 0 Å². The Morgan fingerprint density at radius 1 is 1.47 bits per heavy atom. The molecule has 0 amide bonds. The zero-order valence-corrected chi connectivity index (χ0v) is 13.1. The standard InChI is InChI=1S/C12H15BrN2S2/c1-8-10(4-3-5-14-2)17-12(15-8)11-6-9(13)7-16-11/h6-7,14H,3-5H2,1-2H3. The summed E-state index contributed by atoms with van der Waals surface area (Å²) in [6.07, 6.45) is 2.30. The van der Waals surface area contributed by atoms with Gasteiger partial charge in [0, 0.05) is 14.7 Å². The van der Waals surface area contributed by atoms with Crippen molar-refractivity contribution in [2.75, 3.05) is 13.6 Å². The number of thiophene rings is 1. The van der Waals surface area contributed by atoms with E-state index in [2.05, 4.69) is 44.6 Å². The van der Waals surface area contributed by atoms with Crippen LogP contribution in [0.3, 0.4) is 0 Å². The number of rotatable bonds is 5. The van der Waals surface area contributed by atoms with Gasteiger partial charge in [-0.3, -0.25) is 0 Å². The lowest BCUT2D eigenvalue weighted by Gasteiger charge is -1.97. The second kappa shape index (κ2) is 6.09. The van der Waals surface area contributed by atoms with E-state index in [0.717, 1.165) is 22.4 Å². The van der Waals surface area contributed by atoms with E-state index in [9.17, 15) is 0 Å². The third-order valence-corrected chi connectivity index (χ3v) is 5.58. The Balaban J connectivity index is 2.13. The predicted octanol–water partition coefficient (Wildman–Crippen LogP) is 4.09. The molecule has 92 valence electrons. The smallest absolute Gasteiger partial charge is 0.133 e. The first-order chi connectivity index (χ1) is 8.20. The fourth-order valence-electron chi connectivity index (χ4n) is 1.62. The molecule has 5 heteroatoms. The first kappa shape index (κ1) is 13.2. The molecule has 0 saturated carbocycles. The lowest BCUT2D eigenvalue weighted by Crippen LogP contribution is -2.08. The molecular weight excluding hydrogens is 316 g/mol. The van der Waals surface area contributed by atoms with Crippen molar-refractivity contribution in [2.45, 2.75) is 19.8 Å². The molecular formula is C12H15BrN2S2. The van der Waals surface area contributed by atoms with E-state index in [-0.39, 0.29) is 0 Å². The van der Waals surface area contributed by atoms with Crippen molar-refractivity contribution in [3.8, 4) is 9.88 Å². The van der Waals surface area contributed by atoms with Crippen LogP contribution in [0.4, 0.5) is 0 Å². The average molecular weight is 331 g/mol. The van der Waals surface area contributed by atoms with E-state index in [1.165, 1.54) is 21.9 Å². The second-order valence-electron chi connectivity index (χ2n) is 3.86. The van der Waals surface area contributed by atoms with Gasteiger partial charge in [0.15, 0.2) is 0 Å². The Labute approximate surface area is 118 Å². The van der Waals surface area contributed by atoms with Crippen molar-refractivity contribution >= 4 is 38.6 Å². The molecule has 17 heavy (non-hydrogen) atoms. The number of hydrogen-bond acceptors (Lipinski definition) is 4. The molecule has 2 nitrogen and oxygen atoms in total. The van der Waals surface area contributed by atoms with Crippen LogP contribution in [0.1, 0.15) is 17.0 Å². The molecule has 0 aliphatic rings. The highest BCUT2D eigenvalue weighted by atomic mass is 79.9. The molecule has 2 aromatic heterocycles. The van der Waals surface area contributed by atoms with Gasteiger partial charge in [0.2, 0.25) is 0 Å². The summed E-state index contributed by atoms with van der Waals surface area (Å²) >= 11 is 7.05. The summed E-state index contributed by atoms with van der Waals surface area (Å²) < 4.78 is 1.14. The maximum Gasteiger partial charge on any atom is 0.133 e. The van der Waals surface area contributed by atoms with Gasteiger partial charge in [-0.1, -0.05) is 0 Å². The molecule has 1 N–H and O–H groups in total. The Bertz CT molecular complexity index is 490. The van der Waals surface area contributed by atoms with Gasteiger partial charge in [-0.25, -0.2) is 4.98 Å². The Hall–Kier alpha value is -0.230. The number of aromatic nitrogens is 1. The van der Waals surface area contributed by atoms with Crippen LogP contribution >= 0.6 is 38.6 Å². The van der Waals surface area contributed by atoms with E-state index in [1.807, 2.05) is 18.4 Å². The Morgan fingerprint density at radius 3 is 2.94 bits per heavy atom. The van der Waals surface area contributed by atoms with Gasteiger partial charge in [-0.05, 0) is 55.4 Å². The van der Waals surface area contributed by atoms with Crippen LogP contribution in [-0.2, 0) is 6.42 Å². The van der Waals surface area contributed by atoms with E-state index < -0.39 is 0 Å². The van der Waals surface area contributed by atoms with Crippen LogP contribution in [0.2, 0.25) is 0 Å². The number of nitrogens with zero attached hydrogens (tertiary/aromatic N) is 1. The fraction of sp³-hybridized carbons (Fsp3) is 0.417. The number of halogens is 1. The summed E-state index contributed by atoms with van der Waals surface area (Å²) in [5.41, 5.74) is 1.19. The Kier molecular flexibility index (Phi) is 4.73. The summed E-state index contributed by atoms with van der Waals surface area (Å²) in [4.78, 5) is 7.33. The largest absolute Gasteiger partial charge is 0.320 e. The van der Waals surface area contributed by atoms with Gasteiger partial charge in [0.1, 0.15) is 5.01 Å². The molecule has 2 heterocycles. The van der Waals surface area contributed by atoms with Gasteiger partial charge in [-0.2, -0.15) is 0 Å². The van der Waals surface area contributed by atoms with Gasteiger partial charge in [-0.15, -0.1) is 22.7 Å². The zero-order chi connectivity index (χ0) is 12.3. The van der Waals surface area contributed by atoms with Crippen LogP contribution in [0.15, 0.2) is 15.9 Å². The highest BCUT2D eigenvalue weighted by molar-refractivity contribution is 9.10. The monoisotopic (exact) mass is 330 g/mol. The molecule has 0 radical (unpaired) electrons.